The minimum Gasteiger partial charge on any atom is -0.337 e. The molecule has 0 aliphatic heterocycles. The number of benzene rings is 1. The highest BCUT2D eigenvalue weighted by Gasteiger charge is 2.12. The Balaban J connectivity index is 2.90. The van der Waals surface area contributed by atoms with Crippen LogP contribution in [0.2, 0.25) is 0 Å². The number of nitrogens with zero attached hydrogens (tertiary/aromatic N) is 1. The van der Waals surface area contributed by atoms with Crippen LogP contribution < -0.4 is 0 Å². The van der Waals surface area contributed by atoms with Gasteiger partial charge in [0.15, 0.2) is 3.95 Å². The van der Waals surface area contributed by atoms with E-state index in [9.17, 15) is 10.1 Å². The molecule has 66 valence electrons. The van der Waals surface area contributed by atoms with Gasteiger partial charge in [-0.15, -0.1) is 0 Å². The van der Waals surface area contributed by atoms with Crippen LogP contribution in [0.5, 0.6) is 0 Å². The molecular weight excluding hydrogens is 208 g/mol. The van der Waals surface area contributed by atoms with Gasteiger partial charge in [0.25, 0.3) is 5.69 Å². The first-order valence-corrected chi connectivity index (χ1v) is 4.67. The number of aromatic amines is 1. The van der Waals surface area contributed by atoms with Gasteiger partial charge in [0.05, 0.1) is 10.4 Å². The van der Waals surface area contributed by atoms with Crippen LogP contribution in [0.25, 0.3) is 10.2 Å². The molecule has 0 radical (unpaired) electrons. The van der Waals surface area contributed by atoms with Crippen LogP contribution in [0.15, 0.2) is 18.2 Å². The van der Waals surface area contributed by atoms with Gasteiger partial charge in [-0.05, 0) is 18.3 Å². The molecular formula is C7H4N2O2S2. The van der Waals surface area contributed by atoms with Crippen LogP contribution in [-0.4, -0.2) is 9.91 Å². The van der Waals surface area contributed by atoms with Gasteiger partial charge in [0.2, 0.25) is 0 Å². The third-order valence-electron chi connectivity index (χ3n) is 1.62. The normalized spacial score (nSPS) is 10.5. The second-order valence-corrected chi connectivity index (χ2v) is 4.11. The van der Waals surface area contributed by atoms with Crippen LogP contribution >= 0.6 is 23.6 Å². The molecule has 4 nitrogen and oxygen atoms in total. The molecule has 0 unspecified atom stereocenters. The molecule has 13 heavy (non-hydrogen) atoms. The first-order chi connectivity index (χ1) is 6.18. The maximum absolute atomic E-state index is 10.6. The number of hydrogen-bond acceptors (Lipinski definition) is 4. The number of fused-ring (bicyclic) bond motifs is 1. The summed E-state index contributed by atoms with van der Waals surface area (Å²) in [6.45, 7) is 0. The summed E-state index contributed by atoms with van der Waals surface area (Å²) in [6.07, 6.45) is 0. The van der Waals surface area contributed by atoms with Gasteiger partial charge in [-0.1, -0.05) is 17.4 Å². The van der Waals surface area contributed by atoms with Crippen molar-refractivity contribution >= 4 is 39.5 Å². The van der Waals surface area contributed by atoms with Gasteiger partial charge in [-0.2, -0.15) is 0 Å². The number of non-ortho nitro benzene ring substituents is 1. The van der Waals surface area contributed by atoms with Crippen LogP contribution in [0.1, 0.15) is 0 Å². The van der Waals surface area contributed by atoms with Crippen molar-refractivity contribution in [2.45, 2.75) is 0 Å². The molecule has 0 spiro atoms. The third kappa shape index (κ3) is 1.34. The zero-order valence-electron chi connectivity index (χ0n) is 6.31. The first-order valence-electron chi connectivity index (χ1n) is 3.45. The topological polar surface area (TPSA) is 58.9 Å². The number of aromatic nitrogens is 1. The Morgan fingerprint density at radius 2 is 2.31 bits per heavy atom. The lowest BCUT2D eigenvalue weighted by atomic mass is 10.3. The predicted octanol–water partition coefficient (Wildman–Crippen LogP) is 2.87. The maximum Gasteiger partial charge on any atom is 0.288 e. The summed E-state index contributed by atoms with van der Waals surface area (Å²) in [4.78, 5) is 13.1. The summed E-state index contributed by atoms with van der Waals surface area (Å²) in [6, 6.07) is 4.88. The van der Waals surface area contributed by atoms with Crippen LogP contribution in [0, 0.1) is 14.1 Å². The molecule has 0 saturated heterocycles. The van der Waals surface area contributed by atoms with E-state index in [1.54, 1.807) is 12.1 Å². The van der Waals surface area contributed by atoms with Gasteiger partial charge in [0.1, 0.15) is 4.70 Å². The molecule has 1 heterocycles. The van der Waals surface area contributed by atoms with Crippen molar-refractivity contribution in [3.05, 3.63) is 32.3 Å². The second-order valence-electron chi connectivity index (χ2n) is 2.43. The Kier molecular flexibility index (Phi) is 1.86. The lowest BCUT2D eigenvalue weighted by Gasteiger charge is -1.90. The van der Waals surface area contributed by atoms with E-state index in [2.05, 4.69) is 4.98 Å². The Morgan fingerprint density at radius 3 is 3.00 bits per heavy atom. The molecule has 2 rings (SSSR count). The van der Waals surface area contributed by atoms with E-state index in [1.807, 2.05) is 0 Å². The van der Waals surface area contributed by atoms with E-state index in [0.29, 0.717) is 8.65 Å². The Bertz CT molecular complexity index is 529. The highest BCUT2D eigenvalue weighted by molar-refractivity contribution is 7.73. The highest BCUT2D eigenvalue weighted by Crippen LogP contribution is 2.28. The Morgan fingerprint density at radius 1 is 1.54 bits per heavy atom. The minimum absolute atomic E-state index is 0.106. The number of hydrogen-bond donors (Lipinski definition) is 1. The predicted molar refractivity (Wildman–Crippen MR) is 53.7 cm³/mol. The van der Waals surface area contributed by atoms with E-state index < -0.39 is 4.92 Å². The zero-order valence-corrected chi connectivity index (χ0v) is 7.95. The monoisotopic (exact) mass is 212 g/mol. The molecule has 1 N–H and O–H groups in total. The Hall–Kier alpha value is -1.27. The fourth-order valence-corrected chi connectivity index (χ4v) is 2.28. The minimum atomic E-state index is -0.401. The fourth-order valence-electron chi connectivity index (χ4n) is 1.10. The molecule has 0 saturated carbocycles. The van der Waals surface area contributed by atoms with Crippen molar-refractivity contribution < 1.29 is 4.92 Å². The molecule has 0 bridgehead atoms. The van der Waals surface area contributed by atoms with Gasteiger partial charge >= 0.3 is 0 Å². The molecule has 1 aromatic heterocycles. The van der Waals surface area contributed by atoms with Gasteiger partial charge < -0.3 is 4.98 Å². The summed E-state index contributed by atoms with van der Waals surface area (Å²) in [5, 5.41) is 10.6. The number of nitro benzene ring substituents is 1. The van der Waals surface area contributed by atoms with Crippen molar-refractivity contribution in [2.24, 2.45) is 0 Å². The molecule has 0 atom stereocenters. The summed E-state index contributed by atoms with van der Waals surface area (Å²) >= 11 is 6.12. The fraction of sp³-hybridized carbons (Fsp3) is 0. The molecule has 0 fully saturated rings. The second kappa shape index (κ2) is 2.90. The van der Waals surface area contributed by atoms with Gasteiger partial charge in [0, 0.05) is 6.07 Å². The lowest BCUT2D eigenvalue weighted by Crippen LogP contribution is -1.86. The summed E-state index contributed by atoms with van der Waals surface area (Å²) in [7, 11) is 0. The number of nitrogens with one attached hydrogen (secondary N) is 1. The molecule has 0 aliphatic rings. The zero-order chi connectivity index (χ0) is 9.42. The number of rotatable bonds is 1. The first kappa shape index (κ1) is 8.33. The van der Waals surface area contributed by atoms with E-state index in [1.165, 1.54) is 17.4 Å². The van der Waals surface area contributed by atoms with Crippen molar-refractivity contribution in [2.75, 3.05) is 0 Å². The van der Waals surface area contributed by atoms with Crippen LogP contribution in [0.3, 0.4) is 0 Å². The van der Waals surface area contributed by atoms with Gasteiger partial charge in [-0.25, -0.2) is 0 Å². The van der Waals surface area contributed by atoms with E-state index in [-0.39, 0.29) is 5.69 Å². The van der Waals surface area contributed by atoms with E-state index in [4.69, 9.17) is 12.2 Å². The van der Waals surface area contributed by atoms with Gasteiger partial charge in [-0.3, -0.25) is 10.1 Å². The van der Waals surface area contributed by atoms with Crippen molar-refractivity contribution in [3.8, 4) is 0 Å². The smallest absolute Gasteiger partial charge is 0.288 e. The number of nitro groups is 1. The number of thiazole rings is 1. The molecule has 0 amide bonds. The van der Waals surface area contributed by atoms with Crippen LogP contribution in [-0.2, 0) is 0 Å². The Labute approximate surface area is 82.0 Å². The van der Waals surface area contributed by atoms with Crippen molar-refractivity contribution in [1.29, 1.82) is 0 Å². The third-order valence-corrected chi connectivity index (χ3v) is 2.90. The van der Waals surface area contributed by atoms with E-state index >= 15 is 0 Å². The molecule has 6 heteroatoms. The van der Waals surface area contributed by atoms with Crippen LogP contribution in [0.4, 0.5) is 5.69 Å². The molecule has 1 aromatic carbocycles. The number of H-pyrrole nitrogens is 1. The maximum atomic E-state index is 10.6. The highest BCUT2D eigenvalue weighted by atomic mass is 32.1. The summed E-state index contributed by atoms with van der Waals surface area (Å²) < 4.78 is 1.17. The average molecular weight is 212 g/mol. The van der Waals surface area contributed by atoms with Crippen molar-refractivity contribution in [1.82, 2.24) is 4.98 Å². The summed E-state index contributed by atoms with van der Waals surface area (Å²) in [5.41, 5.74) is 0.832. The van der Waals surface area contributed by atoms with Crippen molar-refractivity contribution in [3.63, 3.8) is 0 Å². The van der Waals surface area contributed by atoms with E-state index in [0.717, 1.165) is 5.52 Å². The lowest BCUT2D eigenvalue weighted by molar-refractivity contribution is -0.382. The largest absolute Gasteiger partial charge is 0.337 e. The molecule has 0 aliphatic carbocycles. The quantitative estimate of drug-likeness (QED) is 0.449. The molecule has 2 aromatic rings. The standard InChI is InChI=1S/C7H4N2O2S2/c10-9(11)5-3-1-2-4-6(5)13-7(12)8-4/h1-3H,(H,8,12). The average Bonchev–Trinajstić information content (AvgIpc) is 2.43. The SMILES string of the molecule is O=[N+]([O-])c1cccc2[nH]c(=S)sc12. The summed E-state index contributed by atoms with van der Waals surface area (Å²) in [5.74, 6) is 0.